The van der Waals surface area contributed by atoms with E-state index in [2.05, 4.69) is 0 Å². The molecule has 1 aliphatic rings. The molecular formula is C16H27NO7. The minimum atomic E-state index is -0.975. The molecule has 1 saturated heterocycles. The molecule has 1 rings (SSSR count). The van der Waals surface area contributed by atoms with Gasteiger partial charge in [-0.2, -0.15) is 0 Å². The van der Waals surface area contributed by atoms with Crippen LogP contribution in [0.2, 0.25) is 0 Å². The third-order valence-corrected chi connectivity index (χ3v) is 3.48. The lowest BCUT2D eigenvalue weighted by molar-refractivity contribution is -0.189. The van der Waals surface area contributed by atoms with Crippen LogP contribution in [0.4, 0.5) is 0 Å². The highest BCUT2D eigenvalue weighted by atomic mass is 16.6. The zero-order valence-corrected chi connectivity index (χ0v) is 14.8. The van der Waals surface area contributed by atoms with E-state index in [1.54, 1.807) is 34.6 Å². The third-order valence-electron chi connectivity index (χ3n) is 3.48. The maximum Gasteiger partial charge on any atom is 0.325 e. The molecule has 2 N–H and O–H groups in total. The van der Waals surface area contributed by atoms with Crippen molar-refractivity contribution in [2.24, 2.45) is 17.6 Å². The fraction of sp³-hybridized carbons (Fsp3) is 0.812. The topological polar surface area (TPSA) is 114 Å². The fourth-order valence-electron chi connectivity index (χ4n) is 1.94. The fourth-order valence-corrected chi connectivity index (χ4v) is 1.94. The highest BCUT2D eigenvalue weighted by Crippen LogP contribution is 2.18. The Kier molecular flexibility index (Phi) is 7.62. The summed E-state index contributed by atoms with van der Waals surface area (Å²) in [4.78, 5) is 35.8. The van der Waals surface area contributed by atoms with Gasteiger partial charge in [-0.15, -0.1) is 0 Å². The van der Waals surface area contributed by atoms with Gasteiger partial charge in [-0.25, -0.2) is 0 Å². The molecule has 0 saturated carbocycles. The van der Waals surface area contributed by atoms with E-state index in [1.165, 1.54) is 0 Å². The molecule has 0 aromatic rings. The summed E-state index contributed by atoms with van der Waals surface area (Å²) in [5.41, 5.74) is 5.65. The molecule has 138 valence electrons. The number of nitrogens with two attached hydrogens (primary N) is 1. The second-order valence-electron chi connectivity index (χ2n) is 6.47. The SMILES string of the molecule is CC(C)C(=O)O[C@H]1[C@H](C)OC(=O)[C@@H](N)COC[C@@H]1OC(=O)C(C)C. The Morgan fingerprint density at radius 3 is 2.17 bits per heavy atom. The lowest BCUT2D eigenvalue weighted by Gasteiger charge is -2.30. The predicted molar refractivity (Wildman–Crippen MR) is 83.8 cm³/mol. The summed E-state index contributed by atoms with van der Waals surface area (Å²) in [5, 5.41) is 0. The van der Waals surface area contributed by atoms with Gasteiger partial charge in [-0.05, 0) is 6.92 Å². The molecule has 0 aromatic carbocycles. The summed E-state index contributed by atoms with van der Waals surface area (Å²) in [6.07, 6.45) is -2.70. The number of hydrogen-bond donors (Lipinski definition) is 1. The first-order valence-electron chi connectivity index (χ1n) is 8.08. The summed E-state index contributed by atoms with van der Waals surface area (Å²) >= 11 is 0. The molecule has 1 aliphatic heterocycles. The highest BCUT2D eigenvalue weighted by Gasteiger charge is 2.38. The van der Waals surface area contributed by atoms with Crippen LogP contribution < -0.4 is 5.73 Å². The Labute approximate surface area is 141 Å². The Morgan fingerprint density at radius 1 is 1.08 bits per heavy atom. The van der Waals surface area contributed by atoms with Crippen LogP contribution >= 0.6 is 0 Å². The standard InChI is InChI=1S/C16H27NO7/c1-8(2)14(18)23-12-7-21-6-11(17)16(20)22-10(5)13(12)24-15(19)9(3)4/h8-13H,6-7,17H2,1-5H3/t10-,11-,12-,13-/m0/s1. The van der Waals surface area contributed by atoms with Crippen molar-refractivity contribution in [2.45, 2.75) is 59.0 Å². The number of carbonyl (C=O) groups is 3. The zero-order valence-electron chi connectivity index (χ0n) is 14.8. The van der Waals surface area contributed by atoms with Gasteiger partial charge in [0.1, 0.15) is 12.1 Å². The maximum absolute atomic E-state index is 12.0. The average Bonchev–Trinajstić information content (AvgIpc) is 2.53. The quantitative estimate of drug-likeness (QED) is 0.576. The van der Waals surface area contributed by atoms with Crippen molar-refractivity contribution in [3.05, 3.63) is 0 Å². The van der Waals surface area contributed by atoms with E-state index in [1.807, 2.05) is 0 Å². The van der Waals surface area contributed by atoms with E-state index in [4.69, 9.17) is 24.7 Å². The number of rotatable bonds is 4. The number of cyclic esters (lactones) is 1. The van der Waals surface area contributed by atoms with E-state index in [-0.39, 0.29) is 25.0 Å². The minimum absolute atomic E-state index is 0.0524. The summed E-state index contributed by atoms with van der Waals surface area (Å²) in [5.74, 6) is -2.36. The van der Waals surface area contributed by atoms with Crippen molar-refractivity contribution in [3.63, 3.8) is 0 Å². The van der Waals surface area contributed by atoms with E-state index >= 15 is 0 Å². The highest BCUT2D eigenvalue weighted by molar-refractivity contribution is 5.76. The van der Waals surface area contributed by atoms with Gasteiger partial charge < -0.3 is 24.7 Å². The van der Waals surface area contributed by atoms with Gasteiger partial charge in [0.05, 0.1) is 25.0 Å². The molecular weight excluding hydrogens is 318 g/mol. The van der Waals surface area contributed by atoms with Crippen LogP contribution in [0, 0.1) is 11.8 Å². The van der Waals surface area contributed by atoms with Gasteiger partial charge in [0.2, 0.25) is 0 Å². The molecule has 24 heavy (non-hydrogen) atoms. The molecule has 8 heteroatoms. The van der Waals surface area contributed by atoms with Crippen molar-refractivity contribution in [1.29, 1.82) is 0 Å². The van der Waals surface area contributed by atoms with Crippen LogP contribution in [0.15, 0.2) is 0 Å². The molecule has 4 atom stereocenters. The van der Waals surface area contributed by atoms with Gasteiger partial charge in [-0.1, -0.05) is 27.7 Å². The summed E-state index contributed by atoms with van der Waals surface area (Å²) in [6, 6.07) is -0.951. The normalized spacial score (nSPS) is 28.6. The van der Waals surface area contributed by atoms with Crippen molar-refractivity contribution in [2.75, 3.05) is 13.2 Å². The largest absolute Gasteiger partial charge is 0.457 e. The molecule has 0 amide bonds. The first-order valence-corrected chi connectivity index (χ1v) is 8.08. The average molecular weight is 345 g/mol. The molecule has 8 nitrogen and oxygen atoms in total. The Bertz CT molecular complexity index is 463. The number of ether oxygens (including phenoxy) is 4. The Balaban J connectivity index is 3.02. The molecule has 0 unspecified atom stereocenters. The molecule has 0 spiro atoms. The lowest BCUT2D eigenvalue weighted by atomic mass is 10.1. The first kappa shape index (κ1) is 20.4. The first-order chi connectivity index (χ1) is 11.1. The van der Waals surface area contributed by atoms with Crippen LogP contribution in [0.1, 0.15) is 34.6 Å². The van der Waals surface area contributed by atoms with E-state index in [0.717, 1.165) is 0 Å². The van der Waals surface area contributed by atoms with Gasteiger partial charge in [0, 0.05) is 0 Å². The van der Waals surface area contributed by atoms with Crippen LogP contribution in [-0.2, 0) is 33.3 Å². The van der Waals surface area contributed by atoms with E-state index < -0.39 is 42.3 Å². The molecule has 0 aliphatic carbocycles. The van der Waals surface area contributed by atoms with E-state index in [0.29, 0.717) is 0 Å². The third kappa shape index (κ3) is 5.76. The Hall–Kier alpha value is -1.67. The van der Waals surface area contributed by atoms with Gasteiger partial charge in [0.25, 0.3) is 0 Å². The molecule has 0 aromatic heterocycles. The minimum Gasteiger partial charge on any atom is -0.457 e. The number of esters is 3. The summed E-state index contributed by atoms with van der Waals surface area (Å²) in [6.45, 7) is 8.16. The van der Waals surface area contributed by atoms with Crippen molar-refractivity contribution in [1.82, 2.24) is 0 Å². The maximum atomic E-state index is 12.0. The van der Waals surface area contributed by atoms with E-state index in [9.17, 15) is 14.4 Å². The second kappa shape index (κ2) is 8.98. The monoisotopic (exact) mass is 345 g/mol. The van der Waals surface area contributed by atoms with Crippen LogP contribution in [0.3, 0.4) is 0 Å². The molecule has 0 bridgehead atoms. The van der Waals surface area contributed by atoms with Crippen LogP contribution in [-0.4, -0.2) is 55.5 Å². The van der Waals surface area contributed by atoms with Crippen molar-refractivity contribution in [3.8, 4) is 0 Å². The smallest absolute Gasteiger partial charge is 0.325 e. The van der Waals surface area contributed by atoms with Gasteiger partial charge in [0.15, 0.2) is 12.2 Å². The Morgan fingerprint density at radius 2 is 1.62 bits per heavy atom. The summed E-state index contributed by atoms with van der Waals surface area (Å²) in [7, 11) is 0. The summed E-state index contributed by atoms with van der Waals surface area (Å²) < 4.78 is 21.4. The van der Waals surface area contributed by atoms with Gasteiger partial charge in [-0.3, -0.25) is 14.4 Å². The zero-order chi connectivity index (χ0) is 18.4. The molecule has 0 radical (unpaired) electrons. The number of carbonyl (C=O) groups excluding carboxylic acids is 3. The molecule has 1 fully saturated rings. The molecule has 1 heterocycles. The van der Waals surface area contributed by atoms with Crippen molar-refractivity contribution >= 4 is 17.9 Å². The van der Waals surface area contributed by atoms with Crippen LogP contribution in [0.25, 0.3) is 0 Å². The van der Waals surface area contributed by atoms with Crippen LogP contribution in [0.5, 0.6) is 0 Å². The van der Waals surface area contributed by atoms with Gasteiger partial charge >= 0.3 is 17.9 Å². The number of hydrogen-bond acceptors (Lipinski definition) is 8. The predicted octanol–water partition coefficient (Wildman–Crippen LogP) is 0.411. The second-order valence-corrected chi connectivity index (χ2v) is 6.47. The van der Waals surface area contributed by atoms with Crippen molar-refractivity contribution < 1.29 is 33.3 Å². The lowest BCUT2D eigenvalue weighted by Crippen LogP contribution is -2.47.